The van der Waals surface area contributed by atoms with Crippen molar-refractivity contribution in [3.8, 4) is 0 Å². The summed E-state index contributed by atoms with van der Waals surface area (Å²) in [4.78, 5) is 21.3. The molecule has 118 valence electrons. The predicted octanol–water partition coefficient (Wildman–Crippen LogP) is 2.49. The number of hydrogen-bond acceptors (Lipinski definition) is 4. The third kappa shape index (κ3) is 2.52. The highest BCUT2D eigenvalue weighted by molar-refractivity contribution is 5.78. The number of nitrogens with zero attached hydrogens (tertiary/aromatic N) is 4. The van der Waals surface area contributed by atoms with E-state index >= 15 is 0 Å². The number of carbonyl (C=O) groups is 1. The van der Waals surface area contributed by atoms with Gasteiger partial charge in [0, 0.05) is 23.5 Å². The number of allylic oxidation sites excluding steroid dienone is 3. The maximum absolute atomic E-state index is 11.4. The van der Waals surface area contributed by atoms with Gasteiger partial charge in [-0.1, -0.05) is 6.58 Å². The molecule has 1 aliphatic heterocycles. The van der Waals surface area contributed by atoms with Crippen LogP contribution < -0.4 is 5.32 Å². The van der Waals surface area contributed by atoms with Gasteiger partial charge in [0.1, 0.15) is 17.6 Å². The topological polar surface area (TPSA) is 63.1 Å². The zero-order valence-electron chi connectivity index (χ0n) is 13.4. The van der Waals surface area contributed by atoms with E-state index in [-0.39, 0.29) is 0 Å². The molecule has 1 aliphatic rings. The van der Waals surface area contributed by atoms with Crippen LogP contribution in [0.25, 0.3) is 16.7 Å². The van der Waals surface area contributed by atoms with Crippen molar-refractivity contribution in [2.24, 2.45) is 0 Å². The molecule has 1 N–H and O–H groups in total. The number of nitrogens with one attached hydrogen (secondary N) is 1. The summed E-state index contributed by atoms with van der Waals surface area (Å²) >= 11 is 0. The second kappa shape index (κ2) is 5.39. The minimum Gasteiger partial charge on any atom is -0.362 e. The highest BCUT2D eigenvalue weighted by Crippen LogP contribution is 2.29. The van der Waals surface area contributed by atoms with Crippen molar-refractivity contribution in [2.75, 3.05) is 0 Å². The number of fused-ring (bicyclic) bond motifs is 1. The van der Waals surface area contributed by atoms with Gasteiger partial charge in [-0.3, -0.25) is 9.69 Å². The summed E-state index contributed by atoms with van der Waals surface area (Å²) in [6.07, 6.45) is 9.92. The smallest absolute Gasteiger partial charge is 0.216 e. The largest absolute Gasteiger partial charge is 0.362 e. The molecular weight excluding hydrogens is 290 g/mol. The van der Waals surface area contributed by atoms with Gasteiger partial charge in [0.25, 0.3) is 0 Å². The van der Waals surface area contributed by atoms with Crippen LogP contribution in [-0.4, -0.2) is 31.5 Å². The average molecular weight is 309 g/mol. The molecule has 2 aromatic heterocycles. The molecule has 0 radical (unpaired) electrons. The highest BCUT2D eigenvalue weighted by Gasteiger charge is 2.36. The molecule has 0 aromatic carbocycles. The predicted molar refractivity (Wildman–Crippen MR) is 89.8 cm³/mol. The standard InChI is InChI=1S/C17H19N5O/c1-12(21-8-7-14-9-18-10-19-16(14)21)5-6-15-13(2)20-17(3,4)22(15)11-23/h5-11,20H,2H2,1,3-4H3/b12-5+,15-6-. The van der Waals surface area contributed by atoms with Crippen LogP contribution in [0.1, 0.15) is 20.8 Å². The first-order chi connectivity index (χ1) is 10.9. The van der Waals surface area contributed by atoms with E-state index in [1.54, 1.807) is 11.1 Å². The number of hydrogen-bond donors (Lipinski definition) is 1. The summed E-state index contributed by atoms with van der Waals surface area (Å²) < 4.78 is 1.98. The van der Waals surface area contributed by atoms with E-state index in [1.165, 1.54) is 6.33 Å². The molecular formula is C17H19N5O. The van der Waals surface area contributed by atoms with Crippen LogP contribution in [-0.2, 0) is 4.79 Å². The second-order valence-corrected chi connectivity index (χ2v) is 5.99. The molecule has 23 heavy (non-hydrogen) atoms. The molecule has 0 aliphatic carbocycles. The molecule has 1 amide bonds. The maximum Gasteiger partial charge on any atom is 0.216 e. The lowest BCUT2D eigenvalue weighted by molar-refractivity contribution is -0.119. The Morgan fingerprint density at radius 2 is 2.22 bits per heavy atom. The molecule has 0 bridgehead atoms. The fourth-order valence-corrected chi connectivity index (χ4v) is 2.75. The molecule has 0 spiro atoms. The summed E-state index contributed by atoms with van der Waals surface area (Å²) in [5.74, 6) is 0. The van der Waals surface area contributed by atoms with E-state index in [0.717, 1.165) is 34.5 Å². The molecule has 6 nitrogen and oxygen atoms in total. The molecule has 0 atom stereocenters. The number of aromatic nitrogens is 3. The van der Waals surface area contributed by atoms with Gasteiger partial charge < -0.3 is 9.88 Å². The van der Waals surface area contributed by atoms with Crippen LogP contribution in [0.4, 0.5) is 0 Å². The first-order valence-electron chi connectivity index (χ1n) is 7.32. The van der Waals surface area contributed by atoms with E-state index < -0.39 is 5.66 Å². The lowest BCUT2D eigenvalue weighted by atomic mass is 10.2. The minimum atomic E-state index is -0.472. The molecule has 6 heteroatoms. The Labute approximate surface area is 134 Å². The zero-order chi connectivity index (χ0) is 16.6. The van der Waals surface area contributed by atoms with Gasteiger partial charge in [-0.25, -0.2) is 9.97 Å². The van der Waals surface area contributed by atoms with E-state index in [2.05, 4.69) is 21.9 Å². The van der Waals surface area contributed by atoms with E-state index in [1.807, 2.05) is 49.8 Å². The van der Waals surface area contributed by atoms with E-state index in [0.29, 0.717) is 0 Å². The van der Waals surface area contributed by atoms with Gasteiger partial charge in [0.15, 0.2) is 0 Å². The molecule has 3 heterocycles. The summed E-state index contributed by atoms with van der Waals surface area (Å²) in [6.45, 7) is 9.83. The van der Waals surface area contributed by atoms with Crippen LogP contribution in [0.5, 0.6) is 0 Å². The lowest BCUT2D eigenvalue weighted by Gasteiger charge is -2.27. The second-order valence-electron chi connectivity index (χ2n) is 5.99. The van der Waals surface area contributed by atoms with Crippen molar-refractivity contribution < 1.29 is 4.79 Å². The zero-order valence-corrected chi connectivity index (χ0v) is 13.4. The molecule has 1 saturated heterocycles. The van der Waals surface area contributed by atoms with Crippen molar-refractivity contribution in [3.05, 3.63) is 54.9 Å². The SMILES string of the molecule is C=C1NC(C)(C)N(C=O)/C1=C\C=C(/C)n1ccc2cncnc21. The van der Waals surface area contributed by atoms with Crippen molar-refractivity contribution in [1.29, 1.82) is 0 Å². The fraction of sp³-hybridized carbons (Fsp3) is 0.235. The molecule has 0 unspecified atom stereocenters. The van der Waals surface area contributed by atoms with Gasteiger partial charge in [-0.2, -0.15) is 0 Å². The Kier molecular flexibility index (Phi) is 3.52. The Morgan fingerprint density at radius 1 is 1.43 bits per heavy atom. The van der Waals surface area contributed by atoms with E-state index in [4.69, 9.17) is 0 Å². The minimum absolute atomic E-state index is 0.472. The number of rotatable bonds is 3. The Morgan fingerprint density at radius 3 is 2.96 bits per heavy atom. The van der Waals surface area contributed by atoms with Gasteiger partial charge >= 0.3 is 0 Å². The van der Waals surface area contributed by atoms with E-state index in [9.17, 15) is 4.79 Å². The van der Waals surface area contributed by atoms with Crippen molar-refractivity contribution in [3.63, 3.8) is 0 Å². The molecule has 3 rings (SSSR count). The van der Waals surface area contributed by atoms with Gasteiger partial charge in [-0.15, -0.1) is 0 Å². The van der Waals surface area contributed by atoms with Crippen LogP contribution in [0.2, 0.25) is 0 Å². The van der Waals surface area contributed by atoms with Gasteiger partial charge in [0.2, 0.25) is 6.41 Å². The number of amides is 1. The fourth-order valence-electron chi connectivity index (χ4n) is 2.75. The summed E-state index contributed by atoms with van der Waals surface area (Å²) in [5.41, 5.74) is 2.85. The Hall–Kier alpha value is -2.89. The average Bonchev–Trinajstić information content (AvgIpc) is 3.02. The summed E-state index contributed by atoms with van der Waals surface area (Å²) in [6, 6.07) is 1.97. The third-order valence-electron chi connectivity index (χ3n) is 3.95. The highest BCUT2D eigenvalue weighted by atomic mass is 16.1. The van der Waals surface area contributed by atoms with Crippen LogP contribution in [0.3, 0.4) is 0 Å². The van der Waals surface area contributed by atoms with Gasteiger partial charge in [0.05, 0.1) is 11.4 Å². The van der Waals surface area contributed by atoms with Crippen molar-refractivity contribution in [1.82, 2.24) is 24.8 Å². The molecule has 1 fully saturated rings. The normalized spacial score (nSPS) is 19.4. The first kappa shape index (κ1) is 15.0. The number of carbonyl (C=O) groups excluding carboxylic acids is 1. The maximum atomic E-state index is 11.4. The summed E-state index contributed by atoms with van der Waals surface area (Å²) in [7, 11) is 0. The third-order valence-corrected chi connectivity index (χ3v) is 3.95. The van der Waals surface area contributed by atoms with Gasteiger partial charge in [-0.05, 0) is 39.0 Å². The quantitative estimate of drug-likeness (QED) is 0.885. The Balaban J connectivity index is 1.98. The van der Waals surface area contributed by atoms with Crippen molar-refractivity contribution >= 4 is 23.1 Å². The monoisotopic (exact) mass is 309 g/mol. The lowest BCUT2D eigenvalue weighted by Crippen LogP contribution is -2.44. The summed E-state index contributed by atoms with van der Waals surface area (Å²) in [5, 5.41) is 4.19. The van der Waals surface area contributed by atoms with Crippen molar-refractivity contribution in [2.45, 2.75) is 26.4 Å². The van der Waals surface area contributed by atoms with Crippen LogP contribution in [0.15, 0.2) is 54.9 Å². The first-order valence-corrected chi connectivity index (χ1v) is 7.32. The van der Waals surface area contributed by atoms with Crippen LogP contribution >= 0.6 is 0 Å². The van der Waals surface area contributed by atoms with Crippen LogP contribution in [0, 0.1) is 0 Å². The molecule has 2 aromatic rings. The Bertz CT molecular complexity index is 844. The molecule has 0 saturated carbocycles.